The van der Waals surface area contributed by atoms with Crippen molar-refractivity contribution < 1.29 is 9.59 Å². The van der Waals surface area contributed by atoms with Gasteiger partial charge >= 0.3 is 0 Å². The van der Waals surface area contributed by atoms with E-state index in [0.717, 1.165) is 36.8 Å². The van der Waals surface area contributed by atoms with Gasteiger partial charge in [0.05, 0.1) is 0 Å². The molecule has 0 spiro atoms. The second kappa shape index (κ2) is 5.87. The third kappa shape index (κ3) is 2.95. The normalized spacial score (nSPS) is 15.8. The number of benzene rings is 1. The first-order valence-electron chi connectivity index (χ1n) is 6.85. The van der Waals surface area contributed by atoms with E-state index in [1.807, 2.05) is 6.07 Å². The van der Waals surface area contributed by atoms with Crippen LogP contribution in [-0.4, -0.2) is 11.8 Å². The lowest BCUT2D eigenvalue weighted by molar-refractivity contribution is 0.0998. The second-order valence-corrected chi connectivity index (χ2v) is 5.12. The van der Waals surface area contributed by atoms with Gasteiger partial charge in [-0.15, -0.1) is 0 Å². The van der Waals surface area contributed by atoms with Crippen LogP contribution in [0.1, 0.15) is 63.9 Å². The van der Waals surface area contributed by atoms with Crippen LogP contribution < -0.4 is 11.5 Å². The maximum absolute atomic E-state index is 11.7. The van der Waals surface area contributed by atoms with Gasteiger partial charge in [0.1, 0.15) is 0 Å². The molecule has 2 rings (SSSR count). The molecule has 4 heteroatoms. The quantitative estimate of drug-likeness (QED) is 0.851. The van der Waals surface area contributed by atoms with Crippen molar-refractivity contribution in [3.05, 3.63) is 34.4 Å². The molecule has 1 aromatic rings. The van der Waals surface area contributed by atoms with E-state index in [2.05, 4.69) is 0 Å². The zero-order valence-electron chi connectivity index (χ0n) is 11.1. The summed E-state index contributed by atoms with van der Waals surface area (Å²) >= 11 is 0. The third-order valence-corrected chi connectivity index (χ3v) is 3.78. The fourth-order valence-corrected chi connectivity index (χ4v) is 2.85. The molecule has 1 aromatic carbocycles. The summed E-state index contributed by atoms with van der Waals surface area (Å²) in [6.07, 6.45) is 7.03. The molecule has 0 aliphatic heterocycles. The average Bonchev–Trinajstić information content (AvgIpc) is 2.36. The van der Waals surface area contributed by atoms with Gasteiger partial charge < -0.3 is 11.5 Å². The Morgan fingerprint density at radius 1 is 0.842 bits per heavy atom. The number of amides is 2. The SMILES string of the molecule is NC(=O)c1ccc2c(C(N)=O)c1CCCCCCC2. The average molecular weight is 260 g/mol. The van der Waals surface area contributed by atoms with E-state index >= 15 is 0 Å². The molecule has 19 heavy (non-hydrogen) atoms. The first-order valence-corrected chi connectivity index (χ1v) is 6.85. The van der Waals surface area contributed by atoms with E-state index in [1.165, 1.54) is 12.8 Å². The first-order chi connectivity index (χ1) is 9.11. The number of hydrogen-bond donors (Lipinski definition) is 2. The molecular formula is C15H20N2O2. The predicted octanol–water partition coefficient (Wildman–Crippen LogP) is 1.93. The van der Waals surface area contributed by atoms with E-state index in [-0.39, 0.29) is 0 Å². The lowest BCUT2D eigenvalue weighted by Crippen LogP contribution is -2.22. The number of nitrogens with two attached hydrogens (primary N) is 2. The second-order valence-electron chi connectivity index (χ2n) is 5.12. The molecule has 1 aliphatic rings. The standard InChI is InChI=1S/C15H20N2O2/c16-14(18)12-9-8-10-6-4-2-1-3-5-7-11(12)13(10)15(17)19/h8-9H,1-7H2,(H2,16,18)(H2,17,19). The van der Waals surface area contributed by atoms with Crippen LogP contribution >= 0.6 is 0 Å². The first kappa shape index (κ1) is 13.6. The summed E-state index contributed by atoms with van der Waals surface area (Å²) in [6.45, 7) is 0. The summed E-state index contributed by atoms with van der Waals surface area (Å²) in [7, 11) is 0. The third-order valence-electron chi connectivity index (χ3n) is 3.78. The van der Waals surface area contributed by atoms with Crippen LogP contribution in [0.3, 0.4) is 0 Å². The van der Waals surface area contributed by atoms with Crippen molar-refractivity contribution in [2.75, 3.05) is 0 Å². The van der Waals surface area contributed by atoms with Gasteiger partial charge in [-0.05, 0) is 42.9 Å². The van der Waals surface area contributed by atoms with Gasteiger partial charge in [0, 0.05) is 11.1 Å². The molecule has 0 radical (unpaired) electrons. The molecule has 2 amide bonds. The van der Waals surface area contributed by atoms with E-state index < -0.39 is 11.8 Å². The molecule has 0 aromatic heterocycles. The molecule has 4 N–H and O–H groups in total. The van der Waals surface area contributed by atoms with Crippen molar-refractivity contribution in [2.45, 2.75) is 44.9 Å². The predicted molar refractivity (Wildman–Crippen MR) is 74.0 cm³/mol. The fraction of sp³-hybridized carbons (Fsp3) is 0.467. The molecule has 0 saturated carbocycles. The number of carbonyl (C=O) groups is 2. The zero-order valence-corrected chi connectivity index (χ0v) is 11.1. The van der Waals surface area contributed by atoms with Crippen LogP contribution in [0, 0.1) is 0 Å². The van der Waals surface area contributed by atoms with Crippen LogP contribution in [0.25, 0.3) is 0 Å². The van der Waals surface area contributed by atoms with Crippen LogP contribution in [-0.2, 0) is 12.8 Å². The number of rotatable bonds is 2. The Morgan fingerprint density at radius 3 is 2.11 bits per heavy atom. The number of hydrogen-bond acceptors (Lipinski definition) is 2. The molecular weight excluding hydrogens is 240 g/mol. The van der Waals surface area contributed by atoms with Crippen molar-refractivity contribution in [1.29, 1.82) is 0 Å². The molecule has 102 valence electrons. The summed E-state index contributed by atoms with van der Waals surface area (Å²) in [5, 5.41) is 0. The van der Waals surface area contributed by atoms with E-state index in [1.54, 1.807) is 6.07 Å². The molecule has 2 bridgehead atoms. The lowest BCUT2D eigenvalue weighted by atomic mass is 9.88. The highest BCUT2D eigenvalue weighted by Gasteiger charge is 2.20. The maximum Gasteiger partial charge on any atom is 0.249 e. The highest BCUT2D eigenvalue weighted by molar-refractivity contribution is 6.02. The molecule has 1 aliphatic carbocycles. The summed E-state index contributed by atoms with van der Waals surface area (Å²) in [5.74, 6) is -0.935. The number of aryl methyl sites for hydroxylation is 1. The van der Waals surface area contributed by atoms with Gasteiger partial charge in [-0.1, -0.05) is 25.3 Å². The Balaban J connectivity index is 2.57. The zero-order chi connectivity index (χ0) is 13.8. The number of carbonyl (C=O) groups excluding carboxylic acids is 2. The topological polar surface area (TPSA) is 86.2 Å². The number of fused-ring (bicyclic) bond motifs is 2. The summed E-state index contributed by atoms with van der Waals surface area (Å²) < 4.78 is 0. The van der Waals surface area contributed by atoms with Gasteiger partial charge in [0.2, 0.25) is 11.8 Å². The molecule has 0 heterocycles. The van der Waals surface area contributed by atoms with Crippen LogP contribution in [0.15, 0.2) is 12.1 Å². The highest BCUT2D eigenvalue weighted by atomic mass is 16.1. The monoisotopic (exact) mass is 260 g/mol. The van der Waals surface area contributed by atoms with Crippen LogP contribution in [0.4, 0.5) is 0 Å². The molecule has 0 atom stereocenters. The van der Waals surface area contributed by atoms with Gasteiger partial charge in [0.25, 0.3) is 0 Å². The van der Waals surface area contributed by atoms with Crippen LogP contribution in [0.2, 0.25) is 0 Å². The molecule has 0 fully saturated rings. The van der Waals surface area contributed by atoms with Crippen molar-refractivity contribution >= 4 is 11.8 Å². The largest absolute Gasteiger partial charge is 0.366 e. The smallest absolute Gasteiger partial charge is 0.249 e. The number of primary amides is 2. The minimum absolute atomic E-state index is 0.443. The Morgan fingerprint density at radius 2 is 1.47 bits per heavy atom. The minimum atomic E-state index is -0.485. The van der Waals surface area contributed by atoms with Gasteiger partial charge in [-0.3, -0.25) is 9.59 Å². The Kier molecular flexibility index (Phi) is 4.20. The lowest BCUT2D eigenvalue weighted by Gasteiger charge is -2.17. The van der Waals surface area contributed by atoms with Crippen molar-refractivity contribution in [3.63, 3.8) is 0 Å². The fourth-order valence-electron chi connectivity index (χ4n) is 2.85. The highest BCUT2D eigenvalue weighted by Crippen LogP contribution is 2.25. The summed E-state index contributed by atoms with van der Waals surface area (Å²) in [5.41, 5.74) is 13.6. The Labute approximate surface area is 113 Å². The van der Waals surface area contributed by atoms with Gasteiger partial charge in [-0.25, -0.2) is 0 Å². The summed E-state index contributed by atoms with van der Waals surface area (Å²) in [4.78, 5) is 23.3. The van der Waals surface area contributed by atoms with Crippen LogP contribution in [0.5, 0.6) is 0 Å². The van der Waals surface area contributed by atoms with E-state index in [9.17, 15) is 9.59 Å². The van der Waals surface area contributed by atoms with Crippen molar-refractivity contribution in [3.8, 4) is 0 Å². The minimum Gasteiger partial charge on any atom is -0.366 e. The van der Waals surface area contributed by atoms with Crippen molar-refractivity contribution in [2.24, 2.45) is 11.5 Å². The van der Waals surface area contributed by atoms with Crippen molar-refractivity contribution in [1.82, 2.24) is 0 Å². The van der Waals surface area contributed by atoms with Gasteiger partial charge in [0.15, 0.2) is 0 Å². The van der Waals surface area contributed by atoms with E-state index in [0.29, 0.717) is 17.5 Å². The van der Waals surface area contributed by atoms with Gasteiger partial charge in [-0.2, -0.15) is 0 Å². The van der Waals surface area contributed by atoms with E-state index in [4.69, 9.17) is 11.5 Å². The molecule has 4 nitrogen and oxygen atoms in total. The molecule has 0 unspecified atom stereocenters. The maximum atomic E-state index is 11.7. The molecule has 0 saturated heterocycles. The summed E-state index contributed by atoms with van der Waals surface area (Å²) in [6, 6.07) is 3.56. The Bertz CT molecular complexity index is 509. The Hall–Kier alpha value is -1.84.